The number of ether oxygens (including phenoxy) is 1. The summed E-state index contributed by atoms with van der Waals surface area (Å²) in [5.74, 6) is -0.870. The summed E-state index contributed by atoms with van der Waals surface area (Å²) in [4.78, 5) is 29.6. The molecule has 108 valence electrons. The Morgan fingerprint density at radius 3 is 2.38 bits per heavy atom. The highest BCUT2D eigenvalue weighted by atomic mass is 16.5. The van der Waals surface area contributed by atoms with Crippen molar-refractivity contribution in [1.82, 2.24) is 9.88 Å². The van der Waals surface area contributed by atoms with Crippen molar-refractivity contribution in [2.75, 3.05) is 14.1 Å². The number of pyridine rings is 1. The Kier molecular flexibility index (Phi) is 4.66. The molecule has 0 bridgehead atoms. The molecule has 0 N–H and O–H groups in total. The molecule has 0 radical (unpaired) electrons. The maximum Gasteiger partial charge on any atom is 0.340 e. The SMILES string of the molecule is CN(C)C(=O)[C@@H](OC(=O)c1cccnc1)c1ccccc1. The molecular weight excluding hydrogens is 268 g/mol. The lowest BCUT2D eigenvalue weighted by atomic mass is 10.1. The van der Waals surface area contributed by atoms with E-state index in [4.69, 9.17) is 4.74 Å². The van der Waals surface area contributed by atoms with Crippen LogP contribution in [-0.2, 0) is 9.53 Å². The van der Waals surface area contributed by atoms with Crippen molar-refractivity contribution < 1.29 is 14.3 Å². The first-order valence-electron chi connectivity index (χ1n) is 6.46. The van der Waals surface area contributed by atoms with E-state index in [1.165, 1.54) is 11.1 Å². The average molecular weight is 284 g/mol. The van der Waals surface area contributed by atoms with Gasteiger partial charge in [0.2, 0.25) is 6.10 Å². The maximum atomic E-state index is 12.2. The quantitative estimate of drug-likeness (QED) is 0.806. The van der Waals surface area contributed by atoms with Gasteiger partial charge in [-0.1, -0.05) is 30.3 Å². The zero-order chi connectivity index (χ0) is 15.2. The molecule has 5 heteroatoms. The average Bonchev–Trinajstić information content (AvgIpc) is 2.53. The van der Waals surface area contributed by atoms with Crippen LogP contribution in [0.2, 0.25) is 0 Å². The van der Waals surface area contributed by atoms with Gasteiger partial charge in [-0.2, -0.15) is 0 Å². The molecule has 1 heterocycles. The number of carbonyl (C=O) groups excluding carboxylic acids is 2. The molecule has 0 saturated carbocycles. The van der Waals surface area contributed by atoms with Gasteiger partial charge in [0.1, 0.15) is 0 Å². The summed E-state index contributed by atoms with van der Waals surface area (Å²) in [7, 11) is 3.24. The molecular formula is C16H16N2O3. The first kappa shape index (κ1) is 14.7. The summed E-state index contributed by atoms with van der Waals surface area (Å²) >= 11 is 0. The number of hydrogen-bond donors (Lipinski definition) is 0. The van der Waals surface area contributed by atoms with Gasteiger partial charge in [0, 0.05) is 32.1 Å². The number of rotatable bonds is 4. The molecule has 0 aliphatic carbocycles. The van der Waals surface area contributed by atoms with Gasteiger partial charge in [-0.05, 0) is 12.1 Å². The molecule has 1 atom stereocenters. The van der Waals surface area contributed by atoms with Gasteiger partial charge in [0.15, 0.2) is 0 Å². The third-order valence-electron chi connectivity index (χ3n) is 2.89. The van der Waals surface area contributed by atoms with Crippen LogP contribution in [0.25, 0.3) is 0 Å². The monoisotopic (exact) mass is 284 g/mol. The minimum Gasteiger partial charge on any atom is -0.444 e. The van der Waals surface area contributed by atoms with E-state index in [0.717, 1.165) is 0 Å². The number of carbonyl (C=O) groups is 2. The highest BCUT2D eigenvalue weighted by Gasteiger charge is 2.26. The van der Waals surface area contributed by atoms with E-state index < -0.39 is 12.1 Å². The standard InChI is InChI=1S/C16H16N2O3/c1-18(2)15(19)14(12-7-4-3-5-8-12)21-16(20)13-9-6-10-17-11-13/h3-11,14H,1-2H3/t14-/m0/s1. The Balaban J connectivity index is 2.25. The van der Waals surface area contributed by atoms with Gasteiger partial charge >= 0.3 is 5.97 Å². The molecule has 2 rings (SSSR count). The number of aromatic nitrogens is 1. The van der Waals surface area contributed by atoms with Gasteiger partial charge in [0.25, 0.3) is 5.91 Å². The fraction of sp³-hybridized carbons (Fsp3) is 0.188. The van der Waals surface area contributed by atoms with Crippen LogP contribution in [0.4, 0.5) is 0 Å². The second-order valence-electron chi connectivity index (χ2n) is 4.67. The molecule has 1 amide bonds. The van der Waals surface area contributed by atoms with Crippen molar-refractivity contribution in [3.8, 4) is 0 Å². The molecule has 0 unspecified atom stereocenters. The molecule has 0 fully saturated rings. The Morgan fingerprint density at radius 1 is 1.10 bits per heavy atom. The lowest BCUT2D eigenvalue weighted by Gasteiger charge is -2.21. The highest BCUT2D eigenvalue weighted by molar-refractivity contribution is 5.92. The molecule has 0 aliphatic heterocycles. The molecule has 2 aromatic rings. The summed E-state index contributed by atoms with van der Waals surface area (Å²) in [6.07, 6.45) is 2.01. The van der Waals surface area contributed by atoms with E-state index in [0.29, 0.717) is 11.1 Å². The second-order valence-corrected chi connectivity index (χ2v) is 4.67. The molecule has 0 spiro atoms. The normalized spacial score (nSPS) is 11.5. The first-order chi connectivity index (χ1) is 10.1. The first-order valence-corrected chi connectivity index (χ1v) is 6.46. The number of hydrogen-bond acceptors (Lipinski definition) is 4. The third kappa shape index (κ3) is 3.66. The van der Waals surface area contributed by atoms with E-state index in [9.17, 15) is 9.59 Å². The third-order valence-corrected chi connectivity index (χ3v) is 2.89. The topological polar surface area (TPSA) is 59.5 Å². The fourth-order valence-electron chi connectivity index (χ4n) is 1.78. The van der Waals surface area contributed by atoms with E-state index in [-0.39, 0.29) is 5.91 Å². The molecule has 1 aromatic heterocycles. The van der Waals surface area contributed by atoms with E-state index in [1.54, 1.807) is 56.7 Å². The fourth-order valence-corrected chi connectivity index (χ4v) is 1.78. The highest BCUT2D eigenvalue weighted by Crippen LogP contribution is 2.21. The summed E-state index contributed by atoms with van der Waals surface area (Å²) in [6.45, 7) is 0. The predicted octanol–water partition coefficient (Wildman–Crippen LogP) is 2.07. The van der Waals surface area contributed by atoms with Gasteiger partial charge in [-0.25, -0.2) is 4.79 Å². The Hall–Kier alpha value is -2.69. The number of nitrogens with zero attached hydrogens (tertiary/aromatic N) is 2. The van der Waals surface area contributed by atoms with Crippen LogP contribution in [0, 0.1) is 0 Å². The lowest BCUT2D eigenvalue weighted by molar-refractivity contribution is -0.138. The molecule has 0 aliphatic rings. The van der Waals surface area contributed by atoms with E-state index >= 15 is 0 Å². The Labute approximate surface area is 123 Å². The van der Waals surface area contributed by atoms with Crippen LogP contribution in [0.5, 0.6) is 0 Å². The van der Waals surface area contributed by atoms with Crippen molar-refractivity contribution >= 4 is 11.9 Å². The maximum absolute atomic E-state index is 12.2. The zero-order valence-corrected chi connectivity index (χ0v) is 11.9. The van der Waals surface area contributed by atoms with Gasteiger partial charge < -0.3 is 9.64 Å². The van der Waals surface area contributed by atoms with Crippen molar-refractivity contribution in [2.45, 2.75) is 6.10 Å². The predicted molar refractivity (Wildman–Crippen MR) is 77.5 cm³/mol. The van der Waals surface area contributed by atoms with E-state index in [2.05, 4.69) is 4.98 Å². The van der Waals surface area contributed by atoms with E-state index in [1.807, 2.05) is 6.07 Å². The van der Waals surface area contributed by atoms with Crippen LogP contribution in [0.3, 0.4) is 0 Å². The molecule has 0 saturated heterocycles. The van der Waals surface area contributed by atoms with Crippen molar-refractivity contribution in [2.24, 2.45) is 0 Å². The number of esters is 1. The van der Waals surface area contributed by atoms with Gasteiger partial charge in [-0.15, -0.1) is 0 Å². The number of benzene rings is 1. The summed E-state index contributed by atoms with van der Waals surface area (Å²) < 4.78 is 5.38. The van der Waals surface area contributed by atoms with Crippen molar-refractivity contribution in [3.05, 3.63) is 66.0 Å². The van der Waals surface area contributed by atoms with Crippen LogP contribution in [0.1, 0.15) is 22.0 Å². The summed E-state index contributed by atoms with van der Waals surface area (Å²) in [6, 6.07) is 12.2. The summed E-state index contributed by atoms with van der Waals surface area (Å²) in [5.41, 5.74) is 0.943. The van der Waals surface area contributed by atoms with Crippen LogP contribution in [-0.4, -0.2) is 35.9 Å². The second kappa shape index (κ2) is 6.65. The zero-order valence-electron chi connectivity index (χ0n) is 11.9. The molecule has 21 heavy (non-hydrogen) atoms. The van der Waals surface area contributed by atoms with Crippen LogP contribution >= 0.6 is 0 Å². The minimum absolute atomic E-state index is 0.293. The lowest BCUT2D eigenvalue weighted by Crippen LogP contribution is -2.31. The van der Waals surface area contributed by atoms with Crippen molar-refractivity contribution in [3.63, 3.8) is 0 Å². The number of amides is 1. The summed E-state index contributed by atoms with van der Waals surface area (Å²) in [5, 5.41) is 0. The van der Waals surface area contributed by atoms with Gasteiger partial charge in [-0.3, -0.25) is 9.78 Å². The largest absolute Gasteiger partial charge is 0.444 e. The van der Waals surface area contributed by atoms with Crippen LogP contribution in [0.15, 0.2) is 54.9 Å². The van der Waals surface area contributed by atoms with Crippen LogP contribution < -0.4 is 0 Å². The Morgan fingerprint density at radius 2 is 1.81 bits per heavy atom. The molecule has 5 nitrogen and oxygen atoms in total. The van der Waals surface area contributed by atoms with Gasteiger partial charge in [0.05, 0.1) is 5.56 Å². The minimum atomic E-state index is -0.964. The molecule has 1 aromatic carbocycles. The Bertz CT molecular complexity index is 612. The van der Waals surface area contributed by atoms with Crippen molar-refractivity contribution in [1.29, 1.82) is 0 Å². The smallest absolute Gasteiger partial charge is 0.340 e. The number of likely N-dealkylation sites (N-methyl/N-ethyl adjacent to an activating group) is 1.